The lowest BCUT2D eigenvalue weighted by Gasteiger charge is -2.24. The minimum atomic E-state index is -0.0530. The average molecular weight is 413 g/mol. The number of allylic oxidation sites excluding steroid dienone is 2. The van der Waals surface area contributed by atoms with Crippen LogP contribution in [0.1, 0.15) is 25.7 Å². The Bertz CT molecular complexity index is 872. The van der Waals surface area contributed by atoms with Gasteiger partial charge in [0.25, 0.3) is 0 Å². The van der Waals surface area contributed by atoms with Crippen molar-refractivity contribution >= 4 is 35.0 Å². The number of likely N-dealkylation sites (tertiary alicyclic amines) is 1. The van der Waals surface area contributed by atoms with Crippen molar-refractivity contribution in [2.75, 3.05) is 54.9 Å². The number of aromatic nitrogens is 2. The van der Waals surface area contributed by atoms with Crippen molar-refractivity contribution in [1.29, 1.82) is 0 Å². The number of carbonyl (C=O) groups is 1. The lowest BCUT2D eigenvalue weighted by atomic mass is 10.1. The standard InChI is InChI=1S/C21H28N6OS/c1-29-21-24-19(22)18-20(25-21)27(11-8-17(28)23-18)14-16-7-3-2-6-15(12-16)13-26-9-4-5-10-26/h2,6-7,12H,3-5,8-11,13-14H2,1H3,(H,23,28)(H2,22,24,25). The zero-order valence-electron chi connectivity index (χ0n) is 16.9. The Labute approximate surface area is 176 Å². The van der Waals surface area contributed by atoms with Crippen molar-refractivity contribution in [1.82, 2.24) is 14.9 Å². The Hall–Kier alpha value is -2.32. The maximum atomic E-state index is 12.2. The molecule has 1 aromatic rings. The van der Waals surface area contributed by atoms with Crippen LogP contribution in [0.2, 0.25) is 0 Å². The highest BCUT2D eigenvalue weighted by molar-refractivity contribution is 7.98. The molecule has 1 saturated heterocycles. The van der Waals surface area contributed by atoms with Gasteiger partial charge in [0.05, 0.1) is 0 Å². The van der Waals surface area contributed by atoms with Gasteiger partial charge in [-0.1, -0.05) is 36.1 Å². The van der Waals surface area contributed by atoms with Gasteiger partial charge < -0.3 is 16.0 Å². The van der Waals surface area contributed by atoms with Crippen molar-refractivity contribution in [2.45, 2.75) is 30.8 Å². The van der Waals surface area contributed by atoms with Crippen LogP contribution in [0.25, 0.3) is 0 Å². The number of hydrogen-bond donors (Lipinski definition) is 2. The fourth-order valence-electron chi connectivity index (χ4n) is 4.00. The molecule has 1 aliphatic carbocycles. The number of nitrogens with one attached hydrogen (secondary N) is 1. The van der Waals surface area contributed by atoms with Gasteiger partial charge in [-0.25, -0.2) is 9.97 Å². The van der Waals surface area contributed by atoms with Crippen LogP contribution in [-0.2, 0) is 4.79 Å². The molecule has 1 amide bonds. The summed E-state index contributed by atoms with van der Waals surface area (Å²) >= 11 is 1.45. The predicted molar refractivity (Wildman–Crippen MR) is 119 cm³/mol. The van der Waals surface area contributed by atoms with Crippen LogP contribution in [0.4, 0.5) is 17.3 Å². The van der Waals surface area contributed by atoms with Crippen molar-refractivity contribution < 1.29 is 4.79 Å². The molecule has 154 valence electrons. The highest BCUT2D eigenvalue weighted by Crippen LogP contribution is 2.33. The summed E-state index contributed by atoms with van der Waals surface area (Å²) < 4.78 is 0. The van der Waals surface area contributed by atoms with Crippen LogP contribution < -0.4 is 16.0 Å². The second kappa shape index (κ2) is 9.00. The highest BCUT2D eigenvalue weighted by Gasteiger charge is 2.25. The molecule has 0 saturated carbocycles. The van der Waals surface area contributed by atoms with Crippen LogP contribution in [0.15, 0.2) is 40.6 Å². The number of amides is 1. The molecule has 3 heterocycles. The van der Waals surface area contributed by atoms with Gasteiger partial charge in [-0.2, -0.15) is 0 Å². The summed E-state index contributed by atoms with van der Waals surface area (Å²) in [5, 5.41) is 3.50. The topological polar surface area (TPSA) is 87.4 Å². The van der Waals surface area contributed by atoms with Crippen LogP contribution in [-0.4, -0.2) is 59.8 Å². The number of rotatable bonds is 5. The lowest BCUT2D eigenvalue weighted by molar-refractivity contribution is -0.115. The number of hydrogen-bond acceptors (Lipinski definition) is 7. The number of thioether (sulfide) groups is 1. The zero-order chi connectivity index (χ0) is 20.2. The number of fused-ring (bicyclic) bond motifs is 1. The number of nitrogens with two attached hydrogens (primary N) is 1. The van der Waals surface area contributed by atoms with E-state index in [1.165, 1.54) is 48.8 Å². The van der Waals surface area contributed by atoms with Gasteiger partial charge in [-0.3, -0.25) is 9.69 Å². The quantitative estimate of drug-likeness (QED) is 0.568. The highest BCUT2D eigenvalue weighted by atomic mass is 32.2. The minimum absolute atomic E-state index is 0.0530. The number of anilines is 3. The molecule has 0 aromatic carbocycles. The van der Waals surface area contributed by atoms with Gasteiger partial charge in [0.15, 0.2) is 16.8 Å². The van der Waals surface area contributed by atoms with Gasteiger partial charge in [-0.15, -0.1) is 0 Å². The van der Waals surface area contributed by atoms with E-state index < -0.39 is 0 Å². The molecule has 29 heavy (non-hydrogen) atoms. The third-order valence-corrected chi connectivity index (χ3v) is 6.00. The Morgan fingerprint density at radius 1 is 1.17 bits per heavy atom. The molecule has 8 heteroatoms. The molecular weight excluding hydrogens is 384 g/mol. The third-order valence-electron chi connectivity index (χ3n) is 5.45. The Morgan fingerprint density at radius 3 is 2.79 bits per heavy atom. The molecule has 4 rings (SSSR count). The fourth-order valence-corrected chi connectivity index (χ4v) is 4.36. The van der Waals surface area contributed by atoms with Crippen molar-refractivity contribution in [2.24, 2.45) is 0 Å². The summed E-state index contributed by atoms with van der Waals surface area (Å²) in [6.45, 7) is 4.66. The molecule has 0 spiro atoms. The summed E-state index contributed by atoms with van der Waals surface area (Å²) in [5.41, 5.74) is 9.24. The van der Waals surface area contributed by atoms with Gasteiger partial charge in [-0.05, 0) is 49.8 Å². The first-order chi connectivity index (χ1) is 14.1. The van der Waals surface area contributed by atoms with Crippen molar-refractivity contribution in [3.8, 4) is 0 Å². The average Bonchev–Trinajstić information content (AvgIpc) is 3.04. The van der Waals surface area contributed by atoms with Gasteiger partial charge >= 0.3 is 0 Å². The molecular formula is C21H28N6OS. The Morgan fingerprint density at radius 2 is 2.00 bits per heavy atom. The van der Waals surface area contributed by atoms with Gasteiger partial charge in [0, 0.05) is 26.1 Å². The molecule has 0 atom stereocenters. The fraction of sp³-hybridized carbons (Fsp3) is 0.476. The first-order valence-corrected chi connectivity index (χ1v) is 11.4. The summed E-state index contributed by atoms with van der Waals surface area (Å²) in [7, 11) is 0. The van der Waals surface area contributed by atoms with Crippen molar-refractivity contribution in [3.05, 3.63) is 35.5 Å². The van der Waals surface area contributed by atoms with Crippen molar-refractivity contribution in [3.63, 3.8) is 0 Å². The maximum absolute atomic E-state index is 12.2. The first-order valence-electron chi connectivity index (χ1n) is 10.2. The summed E-state index contributed by atoms with van der Waals surface area (Å²) in [5.74, 6) is 0.976. The second-order valence-corrected chi connectivity index (χ2v) is 8.41. The zero-order valence-corrected chi connectivity index (χ0v) is 17.7. The van der Waals surface area contributed by atoms with Crippen LogP contribution in [0, 0.1) is 0 Å². The molecule has 1 fully saturated rings. The third kappa shape index (κ3) is 4.82. The molecule has 1 aromatic heterocycles. The van der Waals surface area contributed by atoms with E-state index in [4.69, 9.17) is 5.73 Å². The molecule has 0 unspecified atom stereocenters. The molecule has 7 nitrogen and oxygen atoms in total. The largest absolute Gasteiger partial charge is 0.382 e. The molecule has 0 bridgehead atoms. The SMILES string of the molecule is CSc1nc(N)c2c(n1)N(CC1=CCC=CC(CN3CCCC3)=C1)CCC(=O)N2. The van der Waals surface area contributed by atoms with E-state index in [1.54, 1.807) is 0 Å². The number of carbonyl (C=O) groups excluding carboxylic acids is 1. The van der Waals surface area contributed by atoms with Crippen LogP contribution in [0.3, 0.4) is 0 Å². The smallest absolute Gasteiger partial charge is 0.226 e. The van der Waals surface area contributed by atoms with E-state index in [-0.39, 0.29) is 5.91 Å². The lowest BCUT2D eigenvalue weighted by Crippen LogP contribution is -2.28. The van der Waals surface area contributed by atoms with Crippen LogP contribution in [0.5, 0.6) is 0 Å². The number of nitrogen functional groups attached to an aromatic ring is 1. The van der Waals surface area contributed by atoms with Gasteiger partial charge in [0.1, 0.15) is 5.69 Å². The molecule has 0 radical (unpaired) electrons. The first kappa shape index (κ1) is 20.0. The van der Waals surface area contributed by atoms with E-state index >= 15 is 0 Å². The molecule has 2 aliphatic heterocycles. The molecule has 3 N–H and O–H groups in total. The van der Waals surface area contributed by atoms with E-state index in [0.717, 1.165) is 13.0 Å². The van der Waals surface area contributed by atoms with Gasteiger partial charge in [0.2, 0.25) is 5.91 Å². The maximum Gasteiger partial charge on any atom is 0.226 e. The number of nitrogens with zero attached hydrogens (tertiary/aromatic N) is 4. The summed E-state index contributed by atoms with van der Waals surface area (Å²) in [6, 6.07) is 0. The normalized spacial score (nSPS) is 19.9. The Balaban J connectivity index is 1.59. The van der Waals surface area contributed by atoms with E-state index in [9.17, 15) is 4.79 Å². The molecule has 3 aliphatic rings. The second-order valence-electron chi connectivity index (χ2n) is 7.63. The summed E-state index contributed by atoms with van der Waals surface area (Å²) in [6.07, 6.45) is 14.9. The van der Waals surface area contributed by atoms with E-state index in [2.05, 4.69) is 49.4 Å². The Kier molecular flexibility index (Phi) is 6.20. The van der Waals surface area contributed by atoms with E-state index in [1.807, 2.05) is 6.26 Å². The minimum Gasteiger partial charge on any atom is -0.382 e. The monoisotopic (exact) mass is 412 g/mol. The van der Waals surface area contributed by atoms with Crippen LogP contribution >= 0.6 is 11.8 Å². The van der Waals surface area contributed by atoms with E-state index in [0.29, 0.717) is 42.0 Å². The summed E-state index contributed by atoms with van der Waals surface area (Å²) in [4.78, 5) is 25.8. The predicted octanol–water partition coefficient (Wildman–Crippen LogP) is 2.84.